The lowest BCUT2D eigenvalue weighted by Crippen LogP contribution is -2.31. The molecule has 3 amide bonds. The molecule has 7 heteroatoms. The van der Waals surface area contributed by atoms with E-state index >= 15 is 0 Å². The highest BCUT2D eigenvalue weighted by atomic mass is 19.1. The first kappa shape index (κ1) is 21.2. The van der Waals surface area contributed by atoms with Crippen molar-refractivity contribution in [3.05, 3.63) is 101 Å². The van der Waals surface area contributed by atoms with E-state index in [-0.39, 0.29) is 48.4 Å². The van der Waals surface area contributed by atoms with Gasteiger partial charge in [-0.2, -0.15) is 0 Å². The van der Waals surface area contributed by atoms with Crippen molar-refractivity contribution >= 4 is 17.7 Å². The number of imide groups is 1. The summed E-state index contributed by atoms with van der Waals surface area (Å²) in [5.41, 5.74) is 1.63. The highest BCUT2D eigenvalue weighted by Crippen LogP contribution is 2.26. The molecule has 1 aliphatic heterocycles. The molecular formula is C25H21FN2O4. The molecule has 0 saturated heterocycles. The van der Waals surface area contributed by atoms with Gasteiger partial charge >= 0.3 is 0 Å². The van der Waals surface area contributed by atoms with Crippen LogP contribution in [0, 0.1) is 5.82 Å². The number of ether oxygens (including phenoxy) is 1. The second kappa shape index (κ2) is 9.01. The number of likely N-dealkylation sites (N-methyl/N-ethyl adjacent to an activating group) is 1. The molecule has 4 rings (SSSR count). The van der Waals surface area contributed by atoms with Crippen LogP contribution in [0.4, 0.5) is 4.39 Å². The van der Waals surface area contributed by atoms with E-state index in [9.17, 15) is 18.8 Å². The summed E-state index contributed by atoms with van der Waals surface area (Å²) in [5.74, 6) is -1.47. The third kappa shape index (κ3) is 4.23. The highest BCUT2D eigenvalue weighted by molar-refractivity contribution is 6.22. The van der Waals surface area contributed by atoms with E-state index < -0.39 is 11.7 Å². The lowest BCUT2D eigenvalue weighted by Gasteiger charge is -2.18. The highest BCUT2D eigenvalue weighted by Gasteiger charge is 2.36. The zero-order chi connectivity index (χ0) is 22.7. The molecule has 0 radical (unpaired) electrons. The van der Waals surface area contributed by atoms with Gasteiger partial charge in [-0.25, -0.2) is 4.39 Å². The Hall–Kier alpha value is -4.00. The Kier molecular flexibility index (Phi) is 5.98. The minimum Gasteiger partial charge on any atom is -0.489 e. The lowest BCUT2D eigenvalue weighted by atomic mass is 10.1. The zero-order valence-electron chi connectivity index (χ0n) is 17.5. The Balaban J connectivity index is 1.43. The number of hydrogen-bond donors (Lipinski definition) is 0. The van der Waals surface area contributed by atoms with Gasteiger partial charge in [0.2, 0.25) is 0 Å². The van der Waals surface area contributed by atoms with Crippen LogP contribution in [0.15, 0.2) is 72.8 Å². The number of carbonyl (C=O) groups is 3. The molecule has 0 bridgehead atoms. The maximum Gasteiger partial charge on any atom is 0.261 e. The second-order valence-corrected chi connectivity index (χ2v) is 7.45. The van der Waals surface area contributed by atoms with Crippen LogP contribution in [0.5, 0.6) is 5.75 Å². The Bertz CT molecular complexity index is 1180. The molecule has 3 aromatic carbocycles. The molecule has 0 atom stereocenters. The van der Waals surface area contributed by atoms with E-state index in [1.54, 1.807) is 19.2 Å². The number of amides is 3. The summed E-state index contributed by atoms with van der Waals surface area (Å²) >= 11 is 0. The van der Waals surface area contributed by atoms with Gasteiger partial charge in [0.05, 0.1) is 24.2 Å². The maximum absolute atomic E-state index is 13.6. The zero-order valence-corrected chi connectivity index (χ0v) is 17.5. The molecule has 0 aromatic heterocycles. The van der Waals surface area contributed by atoms with Crippen molar-refractivity contribution in [1.29, 1.82) is 0 Å². The van der Waals surface area contributed by atoms with Gasteiger partial charge in [-0.3, -0.25) is 19.3 Å². The van der Waals surface area contributed by atoms with Crippen LogP contribution < -0.4 is 4.74 Å². The molecular weight excluding hydrogens is 411 g/mol. The van der Waals surface area contributed by atoms with Crippen LogP contribution in [0.25, 0.3) is 0 Å². The van der Waals surface area contributed by atoms with E-state index in [2.05, 4.69) is 0 Å². The van der Waals surface area contributed by atoms with Crippen molar-refractivity contribution in [2.75, 3.05) is 20.2 Å². The fraction of sp³-hybridized carbons (Fsp3) is 0.160. The summed E-state index contributed by atoms with van der Waals surface area (Å²) in [5, 5.41) is 0. The van der Waals surface area contributed by atoms with Crippen LogP contribution in [0.2, 0.25) is 0 Å². The van der Waals surface area contributed by atoms with Crippen molar-refractivity contribution in [2.24, 2.45) is 0 Å². The van der Waals surface area contributed by atoms with Crippen molar-refractivity contribution in [3.8, 4) is 5.75 Å². The van der Waals surface area contributed by atoms with Crippen molar-refractivity contribution in [1.82, 2.24) is 9.80 Å². The van der Waals surface area contributed by atoms with Gasteiger partial charge in [0.15, 0.2) is 11.6 Å². The quantitative estimate of drug-likeness (QED) is 0.533. The Labute approximate surface area is 184 Å². The molecule has 0 saturated carbocycles. The minimum atomic E-state index is -0.469. The molecule has 0 aliphatic carbocycles. The number of para-hydroxylation sites is 1. The van der Waals surface area contributed by atoms with Gasteiger partial charge in [-0.15, -0.1) is 0 Å². The number of hydrogen-bond acceptors (Lipinski definition) is 4. The Morgan fingerprint density at radius 3 is 2.38 bits per heavy atom. The molecule has 1 aliphatic rings. The Morgan fingerprint density at radius 1 is 0.938 bits per heavy atom. The fourth-order valence-electron chi connectivity index (χ4n) is 3.51. The number of halogens is 1. The predicted molar refractivity (Wildman–Crippen MR) is 116 cm³/mol. The average molecular weight is 432 g/mol. The SMILES string of the molecule is CN(CCOc1ccccc1F)C(=O)c1ccc2c(c1)C(=O)N(Cc1ccccc1)C2=O. The summed E-state index contributed by atoms with van der Waals surface area (Å²) in [6, 6.07) is 19.8. The third-order valence-electron chi connectivity index (χ3n) is 5.27. The maximum atomic E-state index is 13.6. The van der Waals surface area contributed by atoms with Crippen LogP contribution >= 0.6 is 0 Å². The molecule has 162 valence electrons. The van der Waals surface area contributed by atoms with Crippen molar-refractivity contribution in [3.63, 3.8) is 0 Å². The molecule has 3 aromatic rings. The molecule has 32 heavy (non-hydrogen) atoms. The number of rotatable bonds is 7. The lowest BCUT2D eigenvalue weighted by molar-refractivity contribution is 0.0642. The third-order valence-corrected chi connectivity index (χ3v) is 5.27. The molecule has 0 spiro atoms. The van der Waals surface area contributed by atoms with E-state index in [4.69, 9.17) is 4.74 Å². The number of nitrogens with zero attached hydrogens (tertiary/aromatic N) is 2. The van der Waals surface area contributed by atoms with Crippen LogP contribution in [0.3, 0.4) is 0 Å². The predicted octanol–water partition coefficient (Wildman–Crippen LogP) is 3.77. The molecule has 6 nitrogen and oxygen atoms in total. The summed E-state index contributed by atoms with van der Waals surface area (Å²) in [6.07, 6.45) is 0. The van der Waals surface area contributed by atoms with Crippen LogP contribution in [0.1, 0.15) is 36.6 Å². The van der Waals surface area contributed by atoms with E-state index in [0.29, 0.717) is 5.56 Å². The van der Waals surface area contributed by atoms with Crippen molar-refractivity contribution in [2.45, 2.75) is 6.54 Å². The average Bonchev–Trinajstić information content (AvgIpc) is 3.04. The van der Waals surface area contributed by atoms with E-state index in [1.165, 1.54) is 40.1 Å². The van der Waals surface area contributed by atoms with E-state index in [0.717, 1.165) is 5.56 Å². The van der Waals surface area contributed by atoms with Crippen LogP contribution in [-0.4, -0.2) is 47.7 Å². The first-order valence-corrected chi connectivity index (χ1v) is 10.1. The largest absolute Gasteiger partial charge is 0.489 e. The first-order valence-electron chi connectivity index (χ1n) is 10.1. The number of fused-ring (bicyclic) bond motifs is 1. The summed E-state index contributed by atoms with van der Waals surface area (Å²) < 4.78 is 19.0. The first-order chi connectivity index (χ1) is 15.5. The number of benzene rings is 3. The van der Waals surface area contributed by atoms with Gasteiger partial charge in [0.1, 0.15) is 6.61 Å². The summed E-state index contributed by atoms with van der Waals surface area (Å²) in [4.78, 5) is 40.9. The van der Waals surface area contributed by atoms with Gasteiger partial charge in [-0.1, -0.05) is 42.5 Å². The second-order valence-electron chi connectivity index (χ2n) is 7.45. The Morgan fingerprint density at radius 2 is 1.62 bits per heavy atom. The summed E-state index contributed by atoms with van der Waals surface area (Å²) in [6.45, 7) is 0.497. The van der Waals surface area contributed by atoms with Gasteiger partial charge in [-0.05, 0) is 35.9 Å². The van der Waals surface area contributed by atoms with Gasteiger partial charge in [0.25, 0.3) is 17.7 Å². The topological polar surface area (TPSA) is 66.9 Å². The normalized spacial score (nSPS) is 12.6. The van der Waals surface area contributed by atoms with Gasteiger partial charge < -0.3 is 9.64 Å². The van der Waals surface area contributed by atoms with Gasteiger partial charge in [0, 0.05) is 12.6 Å². The molecule has 0 N–H and O–H groups in total. The monoisotopic (exact) mass is 432 g/mol. The smallest absolute Gasteiger partial charge is 0.261 e. The number of carbonyl (C=O) groups excluding carboxylic acids is 3. The molecule has 0 fully saturated rings. The molecule has 1 heterocycles. The van der Waals surface area contributed by atoms with Crippen molar-refractivity contribution < 1.29 is 23.5 Å². The van der Waals surface area contributed by atoms with E-state index in [1.807, 2.05) is 30.3 Å². The summed E-state index contributed by atoms with van der Waals surface area (Å²) in [7, 11) is 1.59. The van der Waals surface area contributed by atoms with Crippen LogP contribution in [-0.2, 0) is 6.54 Å². The fourth-order valence-corrected chi connectivity index (χ4v) is 3.51. The minimum absolute atomic E-state index is 0.108. The molecule has 0 unspecified atom stereocenters. The standard InChI is InChI=1S/C25H21FN2O4/c1-27(13-14-32-22-10-6-5-9-21(22)26)23(29)18-11-12-19-20(15-18)25(31)28(24(19)30)16-17-7-3-2-4-8-17/h2-12,15H,13-14,16H2,1H3.